The summed E-state index contributed by atoms with van der Waals surface area (Å²) in [6, 6.07) is 9.62. The molecule has 4 aliphatic carbocycles. The van der Waals surface area contributed by atoms with E-state index in [-0.39, 0.29) is 10.8 Å². The van der Waals surface area contributed by atoms with Crippen molar-refractivity contribution in [1.29, 1.82) is 0 Å². The Balaban J connectivity index is 1.48. The van der Waals surface area contributed by atoms with Crippen molar-refractivity contribution in [2.75, 3.05) is 20.1 Å². The van der Waals surface area contributed by atoms with Crippen LogP contribution in [0.2, 0.25) is 0 Å². The molecule has 1 aromatic carbocycles. The fraction of sp³-hybridized carbons (Fsp3) is 0.696. The maximum atomic E-state index is 13.7. The molecule has 4 saturated carbocycles. The van der Waals surface area contributed by atoms with Crippen LogP contribution in [0.1, 0.15) is 56.1 Å². The van der Waals surface area contributed by atoms with Gasteiger partial charge < -0.3 is 10.2 Å². The molecule has 6 rings (SSSR count). The first kappa shape index (κ1) is 16.8. The summed E-state index contributed by atoms with van der Waals surface area (Å²) < 4.78 is 0. The van der Waals surface area contributed by atoms with Crippen molar-refractivity contribution >= 4 is 5.91 Å². The fourth-order valence-electron chi connectivity index (χ4n) is 7.27. The van der Waals surface area contributed by atoms with Gasteiger partial charge in [0.05, 0.1) is 5.41 Å². The van der Waals surface area contributed by atoms with Gasteiger partial charge in [0.25, 0.3) is 0 Å². The van der Waals surface area contributed by atoms with Crippen LogP contribution in [0.4, 0.5) is 0 Å². The van der Waals surface area contributed by atoms with Gasteiger partial charge in [0.2, 0.25) is 5.91 Å². The molecule has 3 unspecified atom stereocenters. The highest BCUT2D eigenvalue weighted by molar-refractivity contribution is 5.84. The summed E-state index contributed by atoms with van der Waals surface area (Å²) in [6.45, 7) is 4.18. The predicted molar refractivity (Wildman–Crippen MR) is 104 cm³/mol. The lowest BCUT2D eigenvalue weighted by atomic mass is 9.42. The molecule has 140 valence electrons. The van der Waals surface area contributed by atoms with E-state index in [1.54, 1.807) is 0 Å². The number of hydrogen-bond donors (Lipinski definition) is 1. The zero-order chi connectivity index (χ0) is 17.9. The van der Waals surface area contributed by atoms with Crippen molar-refractivity contribution < 1.29 is 4.79 Å². The SMILES string of the molecule is Cc1ccc(C23CC4CC(CC(C(=O)N(C)C5CCNC5)(C4)C2)C3)cc1. The highest BCUT2D eigenvalue weighted by Crippen LogP contribution is 2.66. The highest BCUT2D eigenvalue weighted by atomic mass is 16.2. The molecule has 1 saturated heterocycles. The summed E-state index contributed by atoms with van der Waals surface area (Å²) >= 11 is 0. The molecule has 1 N–H and O–H groups in total. The van der Waals surface area contributed by atoms with Crippen LogP contribution < -0.4 is 5.32 Å². The van der Waals surface area contributed by atoms with Gasteiger partial charge in [-0.25, -0.2) is 0 Å². The molecule has 5 aliphatic rings. The number of hydrogen-bond acceptors (Lipinski definition) is 2. The zero-order valence-corrected chi connectivity index (χ0v) is 16.3. The molecule has 1 aliphatic heterocycles. The number of likely N-dealkylation sites (N-methyl/N-ethyl adjacent to an activating group) is 1. The number of rotatable bonds is 3. The summed E-state index contributed by atoms with van der Waals surface area (Å²) in [4.78, 5) is 15.8. The second-order valence-electron chi connectivity index (χ2n) is 9.95. The van der Waals surface area contributed by atoms with E-state index in [2.05, 4.69) is 48.5 Å². The summed E-state index contributed by atoms with van der Waals surface area (Å²) in [6.07, 6.45) is 8.43. The Bertz CT molecular complexity index is 689. The molecular formula is C23H32N2O. The van der Waals surface area contributed by atoms with E-state index < -0.39 is 0 Å². The number of carbonyl (C=O) groups excluding carboxylic acids is 1. The Kier molecular flexibility index (Phi) is 3.76. The van der Waals surface area contributed by atoms with Crippen LogP contribution in [0, 0.1) is 24.2 Å². The third kappa shape index (κ3) is 2.46. The van der Waals surface area contributed by atoms with Crippen LogP contribution in [-0.2, 0) is 10.2 Å². The van der Waals surface area contributed by atoms with Gasteiger partial charge in [-0.2, -0.15) is 0 Å². The molecule has 3 atom stereocenters. The fourth-order valence-corrected chi connectivity index (χ4v) is 7.27. The lowest BCUT2D eigenvalue weighted by Gasteiger charge is -2.62. The average molecular weight is 353 g/mol. The Morgan fingerprint density at radius 1 is 1.12 bits per heavy atom. The molecule has 1 heterocycles. The first-order chi connectivity index (χ1) is 12.5. The number of amides is 1. The highest BCUT2D eigenvalue weighted by Gasteiger charge is 2.61. The van der Waals surface area contributed by atoms with E-state index in [1.165, 1.54) is 30.4 Å². The topological polar surface area (TPSA) is 32.3 Å². The Morgan fingerprint density at radius 3 is 2.42 bits per heavy atom. The van der Waals surface area contributed by atoms with Crippen molar-refractivity contribution in [1.82, 2.24) is 10.2 Å². The minimum atomic E-state index is -0.0910. The minimum absolute atomic E-state index is 0.0910. The first-order valence-electron chi connectivity index (χ1n) is 10.5. The standard InChI is InChI=1S/C23H32N2O/c1-16-3-5-19(6-4-16)22-10-17-9-18(11-22)13-23(12-17,15-22)21(26)25(2)20-7-8-24-14-20/h3-6,17-18,20,24H,7-15H2,1-2H3. The van der Waals surface area contributed by atoms with Crippen LogP contribution >= 0.6 is 0 Å². The largest absolute Gasteiger partial charge is 0.341 e. The second-order valence-corrected chi connectivity index (χ2v) is 9.95. The zero-order valence-electron chi connectivity index (χ0n) is 16.3. The normalized spacial score (nSPS) is 40.8. The van der Waals surface area contributed by atoms with Crippen molar-refractivity contribution in [2.24, 2.45) is 17.3 Å². The molecule has 3 heteroatoms. The van der Waals surface area contributed by atoms with E-state index in [4.69, 9.17) is 0 Å². The molecule has 1 aromatic rings. The monoisotopic (exact) mass is 352 g/mol. The van der Waals surface area contributed by atoms with Gasteiger partial charge in [-0.15, -0.1) is 0 Å². The maximum absolute atomic E-state index is 13.7. The summed E-state index contributed by atoms with van der Waals surface area (Å²) in [5, 5.41) is 3.43. The predicted octanol–water partition coefficient (Wildman–Crippen LogP) is 3.65. The number of nitrogens with one attached hydrogen (secondary N) is 1. The number of nitrogens with zero attached hydrogens (tertiary/aromatic N) is 1. The van der Waals surface area contributed by atoms with Crippen LogP contribution in [0.3, 0.4) is 0 Å². The molecule has 0 spiro atoms. The lowest BCUT2D eigenvalue weighted by Crippen LogP contribution is -2.60. The van der Waals surface area contributed by atoms with Crippen molar-refractivity contribution in [3.8, 4) is 0 Å². The van der Waals surface area contributed by atoms with Gasteiger partial charge in [-0.3, -0.25) is 4.79 Å². The van der Waals surface area contributed by atoms with E-state index in [0.717, 1.165) is 50.6 Å². The molecular weight excluding hydrogens is 320 g/mol. The van der Waals surface area contributed by atoms with E-state index >= 15 is 0 Å². The molecule has 0 radical (unpaired) electrons. The maximum Gasteiger partial charge on any atom is 0.228 e. The van der Waals surface area contributed by atoms with E-state index in [1.807, 2.05) is 0 Å². The molecule has 26 heavy (non-hydrogen) atoms. The van der Waals surface area contributed by atoms with Gasteiger partial charge in [0.15, 0.2) is 0 Å². The Hall–Kier alpha value is -1.35. The summed E-state index contributed by atoms with van der Waals surface area (Å²) in [5.41, 5.74) is 2.99. The lowest BCUT2D eigenvalue weighted by molar-refractivity contribution is -0.160. The number of benzene rings is 1. The third-order valence-electron chi connectivity index (χ3n) is 8.08. The quantitative estimate of drug-likeness (QED) is 0.900. The van der Waals surface area contributed by atoms with Crippen LogP contribution in [0.25, 0.3) is 0 Å². The molecule has 1 amide bonds. The molecule has 5 fully saturated rings. The molecule has 0 aromatic heterocycles. The van der Waals surface area contributed by atoms with E-state index in [0.29, 0.717) is 11.9 Å². The molecule has 3 nitrogen and oxygen atoms in total. The van der Waals surface area contributed by atoms with Crippen molar-refractivity contribution in [3.63, 3.8) is 0 Å². The molecule has 4 bridgehead atoms. The average Bonchev–Trinajstić information content (AvgIpc) is 3.14. The number of carbonyl (C=O) groups is 1. The van der Waals surface area contributed by atoms with Gasteiger partial charge in [-0.1, -0.05) is 29.8 Å². The van der Waals surface area contributed by atoms with Crippen LogP contribution in [0.5, 0.6) is 0 Å². The Labute approximate surface area is 157 Å². The Morgan fingerprint density at radius 2 is 1.81 bits per heavy atom. The minimum Gasteiger partial charge on any atom is -0.341 e. The summed E-state index contributed by atoms with van der Waals surface area (Å²) in [7, 11) is 2.07. The van der Waals surface area contributed by atoms with Gasteiger partial charge in [-0.05, 0) is 81.2 Å². The van der Waals surface area contributed by atoms with E-state index in [9.17, 15) is 4.79 Å². The number of aryl methyl sites for hydroxylation is 1. The summed E-state index contributed by atoms with van der Waals surface area (Å²) in [5.74, 6) is 1.95. The van der Waals surface area contributed by atoms with Crippen molar-refractivity contribution in [3.05, 3.63) is 35.4 Å². The van der Waals surface area contributed by atoms with Crippen molar-refractivity contribution in [2.45, 2.75) is 63.3 Å². The van der Waals surface area contributed by atoms with Crippen LogP contribution in [0.15, 0.2) is 24.3 Å². The first-order valence-corrected chi connectivity index (χ1v) is 10.5. The van der Waals surface area contributed by atoms with Crippen LogP contribution in [-0.4, -0.2) is 37.0 Å². The third-order valence-corrected chi connectivity index (χ3v) is 8.08. The van der Waals surface area contributed by atoms with Gasteiger partial charge >= 0.3 is 0 Å². The van der Waals surface area contributed by atoms with Gasteiger partial charge in [0, 0.05) is 19.6 Å². The second kappa shape index (κ2) is 5.82. The van der Waals surface area contributed by atoms with Gasteiger partial charge in [0.1, 0.15) is 0 Å². The smallest absolute Gasteiger partial charge is 0.228 e.